The van der Waals surface area contributed by atoms with Crippen LogP contribution in [-0.4, -0.2) is 41.1 Å². The highest BCUT2D eigenvalue weighted by atomic mass is 32.1. The number of benzene rings is 1. The van der Waals surface area contributed by atoms with Gasteiger partial charge in [-0.25, -0.2) is 14.4 Å². The summed E-state index contributed by atoms with van der Waals surface area (Å²) >= 11 is 1.26. The molecule has 1 atom stereocenters. The van der Waals surface area contributed by atoms with Gasteiger partial charge in [0.25, 0.3) is 0 Å². The van der Waals surface area contributed by atoms with Crippen molar-refractivity contribution in [2.24, 2.45) is 11.8 Å². The fourth-order valence-electron chi connectivity index (χ4n) is 4.68. The maximum absolute atomic E-state index is 14.2. The van der Waals surface area contributed by atoms with Crippen molar-refractivity contribution in [3.63, 3.8) is 0 Å². The van der Waals surface area contributed by atoms with Crippen LogP contribution >= 0.6 is 11.3 Å². The lowest BCUT2D eigenvalue weighted by atomic mass is 9.90. The van der Waals surface area contributed by atoms with Gasteiger partial charge in [0.2, 0.25) is 11.8 Å². The number of aliphatic carboxylic acids is 1. The Kier molecular flexibility index (Phi) is 7.75. The number of rotatable bonds is 9. The number of ether oxygens (including phenoxy) is 1. The van der Waals surface area contributed by atoms with Crippen LogP contribution in [0.15, 0.2) is 41.9 Å². The van der Waals surface area contributed by atoms with Gasteiger partial charge in [-0.1, -0.05) is 31.7 Å². The number of methoxy groups -OCH3 is 1. The summed E-state index contributed by atoms with van der Waals surface area (Å²) in [5, 5.41) is 11.6. The molecule has 1 aliphatic carbocycles. The Bertz CT molecular complexity index is 1190. The highest BCUT2D eigenvalue weighted by Crippen LogP contribution is 2.37. The number of carbonyl (C=O) groups excluding carboxylic acids is 1. The van der Waals surface area contributed by atoms with Crippen molar-refractivity contribution >= 4 is 28.3 Å². The minimum Gasteiger partial charge on any atom is -0.481 e. The van der Waals surface area contributed by atoms with E-state index in [4.69, 9.17) is 4.74 Å². The van der Waals surface area contributed by atoms with Crippen LogP contribution in [0.25, 0.3) is 22.4 Å². The van der Waals surface area contributed by atoms with Gasteiger partial charge in [0.15, 0.2) is 5.13 Å². The lowest BCUT2D eigenvalue weighted by Gasteiger charge is -2.23. The van der Waals surface area contributed by atoms with Crippen molar-refractivity contribution in [2.75, 3.05) is 19.1 Å². The molecule has 3 aromatic rings. The third-order valence-corrected chi connectivity index (χ3v) is 7.40. The monoisotopic (exact) mass is 497 g/mol. The summed E-state index contributed by atoms with van der Waals surface area (Å²) in [5.74, 6) is -1.37. The highest BCUT2D eigenvalue weighted by molar-refractivity contribution is 7.14. The van der Waals surface area contributed by atoms with Crippen LogP contribution in [0.4, 0.5) is 9.52 Å². The van der Waals surface area contributed by atoms with E-state index in [-0.39, 0.29) is 12.3 Å². The first kappa shape index (κ1) is 24.8. The van der Waals surface area contributed by atoms with Gasteiger partial charge in [-0.2, -0.15) is 0 Å². The van der Waals surface area contributed by atoms with Crippen molar-refractivity contribution in [1.82, 2.24) is 9.97 Å². The molecule has 7 nitrogen and oxygen atoms in total. The average Bonchev–Trinajstić information content (AvgIpc) is 3.55. The summed E-state index contributed by atoms with van der Waals surface area (Å²) in [5.41, 5.74) is 2.63. The lowest BCUT2D eigenvalue weighted by molar-refractivity contribution is -0.140. The zero-order valence-corrected chi connectivity index (χ0v) is 20.6. The van der Waals surface area contributed by atoms with Crippen LogP contribution in [0.2, 0.25) is 0 Å². The van der Waals surface area contributed by atoms with Crippen LogP contribution < -0.4 is 9.64 Å². The second-order valence-corrected chi connectivity index (χ2v) is 9.71. The molecule has 0 bridgehead atoms. The van der Waals surface area contributed by atoms with Crippen molar-refractivity contribution in [3.8, 4) is 28.3 Å². The quantitative estimate of drug-likeness (QED) is 0.410. The molecule has 2 aromatic heterocycles. The molecule has 9 heteroatoms. The Morgan fingerprint density at radius 1 is 1.23 bits per heavy atom. The number of aromatic nitrogens is 2. The van der Waals surface area contributed by atoms with E-state index in [1.807, 2.05) is 6.07 Å². The zero-order chi connectivity index (χ0) is 24.9. The summed E-state index contributed by atoms with van der Waals surface area (Å²) in [6, 6.07) is 8.03. The number of pyridine rings is 1. The molecule has 1 saturated carbocycles. The number of thiazole rings is 1. The molecule has 1 aromatic carbocycles. The van der Waals surface area contributed by atoms with E-state index < -0.39 is 17.7 Å². The van der Waals surface area contributed by atoms with Crippen LogP contribution in [0.3, 0.4) is 0 Å². The van der Waals surface area contributed by atoms with Gasteiger partial charge in [0.1, 0.15) is 5.82 Å². The Balaban J connectivity index is 1.59. The Morgan fingerprint density at radius 2 is 2.00 bits per heavy atom. The summed E-state index contributed by atoms with van der Waals surface area (Å²) in [6.45, 7) is 0. The SMILES string of the molecule is COc1ccc(-c2ccc(F)cc2-c2csc(N(C)C(=O)[C@@H](CC(=O)O)CC3CCCC3)n2)cn1. The number of halogens is 1. The fraction of sp³-hybridized carbons (Fsp3) is 0.385. The van der Waals surface area contributed by atoms with Gasteiger partial charge in [-0.3, -0.25) is 14.5 Å². The molecule has 0 saturated heterocycles. The lowest BCUT2D eigenvalue weighted by Crippen LogP contribution is -2.35. The maximum atomic E-state index is 14.2. The standard InChI is InChI=1S/C26H28FN3O4S/c1-30(25(33)18(12-24(31)32)11-16-5-3-4-6-16)26-29-22(15-35-26)21-13-19(27)8-9-20(21)17-7-10-23(34-2)28-14-17/h7-10,13-16,18H,3-6,11-12H2,1-2H3,(H,31,32)/t18-/m1/s1. The second-order valence-electron chi connectivity index (χ2n) is 8.87. The molecule has 0 spiro atoms. The molecule has 0 aliphatic heterocycles. The third-order valence-electron chi connectivity index (χ3n) is 6.49. The number of carbonyl (C=O) groups is 2. The predicted octanol–water partition coefficient (Wildman–Crippen LogP) is 5.65. The van der Waals surface area contributed by atoms with Crippen molar-refractivity contribution < 1.29 is 23.8 Å². The molecule has 4 rings (SSSR count). The molecular formula is C26H28FN3O4S. The molecule has 1 fully saturated rings. The molecule has 0 radical (unpaired) electrons. The highest BCUT2D eigenvalue weighted by Gasteiger charge is 2.30. The Morgan fingerprint density at radius 3 is 2.66 bits per heavy atom. The molecule has 1 N–H and O–H groups in total. The van der Waals surface area contributed by atoms with E-state index in [2.05, 4.69) is 9.97 Å². The van der Waals surface area contributed by atoms with Crippen molar-refractivity contribution in [3.05, 3.63) is 47.7 Å². The molecule has 35 heavy (non-hydrogen) atoms. The van der Waals surface area contributed by atoms with Crippen LogP contribution in [0.1, 0.15) is 38.5 Å². The third kappa shape index (κ3) is 5.85. The number of carboxylic acid groups (broad SMARTS) is 1. The summed E-state index contributed by atoms with van der Waals surface area (Å²) in [7, 11) is 3.16. The summed E-state index contributed by atoms with van der Waals surface area (Å²) in [6.07, 6.45) is 6.36. The first-order chi connectivity index (χ1) is 16.9. The van der Waals surface area contributed by atoms with E-state index in [1.165, 1.54) is 35.5 Å². The molecule has 184 valence electrons. The van der Waals surface area contributed by atoms with Crippen LogP contribution in [-0.2, 0) is 9.59 Å². The van der Waals surface area contributed by atoms with E-state index in [0.717, 1.165) is 36.8 Å². The van der Waals surface area contributed by atoms with Crippen molar-refractivity contribution in [2.45, 2.75) is 38.5 Å². The fourth-order valence-corrected chi connectivity index (χ4v) is 5.48. The molecule has 1 aliphatic rings. The van der Waals surface area contributed by atoms with E-state index in [1.54, 1.807) is 30.8 Å². The van der Waals surface area contributed by atoms with Gasteiger partial charge in [0.05, 0.1) is 19.2 Å². The average molecular weight is 498 g/mol. The van der Waals surface area contributed by atoms with Gasteiger partial charge in [0, 0.05) is 41.7 Å². The molecule has 0 unspecified atom stereocenters. The number of hydrogen-bond donors (Lipinski definition) is 1. The predicted molar refractivity (Wildman–Crippen MR) is 133 cm³/mol. The number of carboxylic acids is 1. The van der Waals surface area contributed by atoms with Crippen LogP contribution in [0.5, 0.6) is 5.88 Å². The zero-order valence-electron chi connectivity index (χ0n) is 19.7. The van der Waals surface area contributed by atoms with Gasteiger partial charge in [-0.05, 0) is 36.1 Å². The number of nitrogens with zero attached hydrogens (tertiary/aromatic N) is 3. The summed E-state index contributed by atoms with van der Waals surface area (Å²) < 4.78 is 19.3. The van der Waals surface area contributed by atoms with E-state index in [9.17, 15) is 19.1 Å². The minimum absolute atomic E-state index is 0.198. The van der Waals surface area contributed by atoms with Gasteiger partial charge >= 0.3 is 5.97 Å². The normalized spacial score (nSPS) is 14.6. The van der Waals surface area contributed by atoms with Crippen molar-refractivity contribution in [1.29, 1.82) is 0 Å². The van der Waals surface area contributed by atoms with E-state index in [0.29, 0.717) is 34.6 Å². The Labute approximate surface area is 207 Å². The Hall–Kier alpha value is -3.33. The number of hydrogen-bond acceptors (Lipinski definition) is 6. The van der Waals surface area contributed by atoms with E-state index >= 15 is 0 Å². The number of anilines is 1. The molecule has 2 heterocycles. The molecule has 1 amide bonds. The first-order valence-corrected chi connectivity index (χ1v) is 12.5. The minimum atomic E-state index is -0.980. The second kappa shape index (κ2) is 10.9. The van der Waals surface area contributed by atoms with Crippen LogP contribution in [0, 0.1) is 17.7 Å². The maximum Gasteiger partial charge on any atom is 0.304 e. The molecular weight excluding hydrogens is 469 g/mol. The smallest absolute Gasteiger partial charge is 0.304 e. The largest absolute Gasteiger partial charge is 0.481 e. The summed E-state index contributed by atoms with van der Waals surface area (Å²) in [4.78, 5) is 35.0. The topological polar surface area (TPSA) is 92.6 Å². The first-order valence-electron chi connectivity index (χ1n) is 11.6. The number of amides is 1. The van der Waals surface area contributed by atoms with Gasteiger partial charge in [-0.15, -0.1) is 11.3 Å². The van der Waals surface area contributed by atoms with Gasteiger partial charge < -0.3 is 9.84 Å².